The molecule has 38 heavy (non-hydrogen) atoms. The SMILES string of the molecule is Cc1c(Cl)cccc1N(CC(=O)N(Cc1cccc(Br)c1)C(C)C(=O)NC(C)C)S(=O)(=O)c1ccccc1. The summed E-state index contributed by atoms with van der Waals surface area (Å²) in [6, 6.07) is 19.2. The average molecular weight is 621 g/mol. The molecule has 1 N–H and O–H groups in total. The minimum Gasteiger partial charge on any atom is -0.352 e. The van der Waals surface area contributed by atoms with E-state index in [0.29, 0.717) is 10.6 Å². The number of benzene rings is 3. The van der Waals surface area contributed by atoms with Crippen LogP contribution in [0.2, 0.25) is 5.02 Å². The standard InChI is InChI=1S/C28H31BrClN3O4S/c1-19(2)31-28(35)21(4)32(17-22-10-8-11-23(29)16-22)27(34)18-33(26-15-9-14-25(30)20(26)3)38(36,37)24-12-6-5-7-13-24/h5-16,19,21H,17-18H2,1-4H3,(H,31,35). The molecule has 202 valence electrons. The van der Waals surface area contributed by atoms with Crippen LogP contribution >= 0.6 is 27.5 Å². The summed E-state index contributed by atoms with van der Waals surface area (Å²) in [5, 5.41) is 3.22. The van der Waals surface area contributed by atoms with Crippen molar-refractivity contribution in [3.63, 3.8) is 0 Å². The molecule has 7 nitrogen and oxygen atoms in total. The topological polar surface area (TPSA) is 86.8 Å². The largest absolute Gasteiger partial charge is 0.352 e. The molecule has 3 aromatic rings. The molecule has 2 amide bonds. The first-order valence-electron chi connectivity index (χ1n) is 12.1. The van der Waals surface area contributed by atoms with Gasteiger partial charge in [-0.05, 0) is 75.2 Å². The van der Waals surface area contributed by atoms with Gasteiger partial charge in [-0.2, -0.15) is 0 Å². The normalized spacial score (nSPS) is 12.2. The van der Waals surface area contributed by atoms with E-state index in [1.807, 2.05) is 38.1 Å². The molecule has 3 aromatic carbocycles. The van der Waals surface area contributed by atoms with Crippen molar-refractivity contribution < 1.29 is 18.0 Å². The summed E-state index contributed by atoms with van der Waals surface area (Å²) in [6.07, 6.45) is 0. The van der Waals surface area contributed by atoms with E-state index in [1.54, 1.807) is 50.2 Å². The quantitative estimate of drug-likeness (QED) is 0.322. The van der Waals surface area contributed by atoms with Gasteiger partial charge in [-0.15, -0.1) is 0 Å². The summed E-state index contributed by atoms with van der Waals surface area (Å²) in [4.78, 5) is 28.3. The first kappa shape index (κ1) is 29.7. The number of amides is 2. The molecular formula is C28H31BrClN3O4S. The first-order valence-corrected chi connectivity index (χ1v) is 14.7. The van der Waals surface area contributed by atoms with Crippen molar-refractivity contribution in [1.29, 1.82) is 0 Å². The van der Waals surface area contributed by atoms with E-state index in [4.69, 9.17) is 11.6 Å². The molecule has 10 heteroatoms. The highest BCUT2D eigenvalue weighted by Gasteiger charge is 2.33. The Kier molecular flexibility index (Phi) is 9.98. The Bertz CT molecular complexity index is 1400. The number of nitrogens with zero attached hydrogens (tertiary/aromatic N) is 2. The van der Waals surface area contributed by atoms with Gasteiger partial charge in [0.05, 0.1) is 10.6 Å². The molecule has 0 aromatic heterocycles. The van der Waals surface area contributed by atoms with Crippen LogP contribution in [0.4, 0.5) is 5.69 Å². The smallest absolute Gasteiger partial charge is 0.264 e. The number of rotatable bonds is 10. The van der Waals surface area contributed by atoms with Gasteiger partial charge in [0.2, 0.25) is 11.8 Å². The van der Waals surface area contributed by atoms with Crippen LogP contribution in [0.25, 0.3) is 0 Å². The maximum absolute atomic E-state index is 13.9. The molecule has 0 spiro atoms. The lowest BCUT2D eigenvalue weighted by molar-refractivity contribution is -0.139. The van der Waals surface area contributed by atoms with Crippen molar-refractivity contribution in [2.24, 2.45) is 0 Å². The van der Waals surface area contributed by atoms with Crippen LogP contribution in [0, 0.1) is 6.92 Å². The van der Waals surface area contributed by atoms with Crippen LogP contribution in [-0.2, 0) is 26.2 Å². The fourth-order valence-electron chi connectivity index (χ4n) is 3.92. The number of halogens is 2. The zero-order valence-corrected chi connectivity index (χ0v) is 24.8. The van der Waals surface area contributed by atoms with Gasteiger partial charge in [0.1, 0.15) is 12.6 Å². The van der Waals surface area contributed by atoms with Gasteiger partial charge in [0.15, 0.2) is 0 Å². The van der Waals surface area contributed by atoms with Crippen molar-refractivity contribution in [2.45, 2.75) is 51.2 Å². The Labute approximate surface area is 238 Å². The Hall–Kier alpha value is -2.88. The second-order valence-corrected chi connectivity index (χ2v) is 12.4. The van der Waals surface area contributed by atoms with E-state index in [2.05, 4.69) is 21.2 Å². The Morgan fingerprint density at radius 2 is 1.63 bits per heavy atom. The maximum Gasteiger partial charge on any atom is 0.264 e. The van der Waals surface area contributed by atoms with Crippen LogP contribution in [0.15, 0.2) is 82.2 Å². The third-order valence-corrected chi connectivity index (χ3v) is 8.63. The Balaban J connectivity index is 2.07. The molecule has 0 aliphatic rings. The van der Waals surface area contributed by atoms with E-state index in [-0.39, 0.29) is 29.1 Å². The highest BCUT2D eigenvalue weighted by atomic mass is 79.9. The van der Waals surface area contributed by atoms with E-state index in [0.717, 1.165) is 14.3 Å². The number of carbonyl (C=O) groups is 2. The summed E-state index contributed by atoms with van der Waals surface area (Å²) in [6.45, 7) is 6.59. The molecule has 3 rings (SSSR count). The molecule has 0 heterocycles. The van der Waals surface area contributed by atoms with Crippen LogP contribution in [-0.4, -0.2) is 43.8 Å². The van der Waals surface area contributed by atoms with E-state index >= 15 is 0 Å². The summed E-state index contributed by atoms with van der Waals surface area (Å²) >= 11 is 9.78. The minimum atomic E-state index is -4.15. The van der Waals surface area contributed by atoms with E-state index in [1.165, 1.54) is 17.0 Å². The van der Waals surface area contributed by atoms with Gasteiger partial charge in [-0.3, -0.25) is 13.9 Å². The van der Waals surface area contributed by atoms with Crippen LogP contribution in [0.3, 0.4) is 0 Å². The molecule has 0 aliphatic heterocycles. The molecule has 0 radical (unpaired) electrons. The molecule has 0 saturated carbocycles. The summed E-state index contributed by atoms with van der Waals surface area (Å²) in [5.41, 5.74) is 1.59. The molecule has 0 bridgehead atoms. The zero-order chi connectivity index (χ0) is 28.0. The first-order chi connectivity index (χ1) is 17.9. The minimum absolute atomic E-state index is 0.0383. The second-order valence-electron chi connectivity index (χ2n) is 9.20. The fraction of sp³-hybridized carbons (Fsp3) is 0.286. The number of sulfonamides is 1. The number of hydrogen-bond acceptors (Lipinski definition) is 4. The van der Waals surface area contributed by atoms with Crippen molar-refractivity contribution in [3.05, 3.63) is 93.4 Å². The summed E-state index contributed by atoms with van der Waals surface area (Å²) < 4.78 is 29.6. The highest BCUT2D eigenvalue weighted by molar-refractivity contribution is 9.10. The highest BCUT2D eigenvalue weighted by Crippen LogP contribution is 2.31. The van der Waals surface area contributed by atoms with E-state index < -0.39 is 28.5 Å². The molecule has 0 aliphatic carbocycles. The van der Waals surface area contributed by atoms with Crippen LogP contribution < -0.4 is 9.62 Å². The molecule has 0 fully saturated rings. The van der Waals surface area contributed by atoms with Crippen LogP contribution in [0.1, 0.15) is 31.9 Å². The predicted octanol–water partition coefficient (Wildman–Crippen LogP) is 5.55. The monoisotopic (exact) mass is 619 g/mol. The van der Waals surface area contributed by atoms with Crippen molar-refractivity contribution in [3.8, 4) is 0 Å². The molecule has 1 unspecified atom stereocenters. The molecule has 0 saturated heterocycles. The van der Waals surface area contributed by atoms with Crippen molar-refractivity contribution in [2.75, 3.05) is 10.8 Å². The van der Waals surface area contributed by atoms with Gasteiger partial charge < -0.3 is 10.2 Å². The maximum atomic E-state index is 13.9. The number of hydrogen-bond donors (Lipinski definition) is 1. The summed E-state index contributed by atoms with van der Waals surface area (Å²) in [7, 11) is -4.15. The summed E-state index contributed by atoms with van der Waals surface area (Å²) in [5.74, 6) is -0.866. The zero-order valence-electron chi connectivity index (χ0n) is 21.7. The lowest BCUT2D eigenvalue weighted by Crippen LogP contribution is -2.52. The third-order valence-electron chi connectivity index (χ3n) is 5.96. The lowest BCUT2D eigenvalue weighted by Gasteiger charge is -2.32. The van der Waals surface area contributed by atoms with E-state index in [9.17, 15) is 18.0 Å². The van der Waals surface area contributed by atoms with Gasteiger partial charge >= 0.3 is 0 Å². The second kappa shape index (κ2) is 12.8. The number of nitrogens with one attached hydrogen (secondary N) is 1. The van der Waals surface area contributed by atoms with Crippen molar-refractivity contribution in [1.82, 2.24) is 10.2 Å². The number of anilines is 1. The predicted molar refractivity (Wildman–Crippen MR) is 155 cm³/mol. The van der Waals surface area contributed by atoms with Gasteiger partial charge in [-0.1, -0.05) is 63.9 Å². The van der Waals surface area contributed by atoms with Gasteiger partial charge in [0.25, 0.3) is 10.0 Å². The Morgan fingerprint density at radius 1 is 0.974 bits per heavy atom. The fourth-order valence-corrected chi connectivity index (χ4v) is 6.03. The molecular weight excluding hydrogens is 590 g/mol. The third kappa shape index (κ3) is 7.15. The number of carbonyl (C=O) groups excluding carboxylic acids is 2. The molecule has 1 atom stereocenters. The Morgan fingerprint density at radius 3 is 2.26 bits per heavy atom. The van der Waals surface area contributed by atoms with Gasteiger partial charge in [0, 0.05) is 22.1 Å². The van der Waals surface area contributed by atoms with Crippen LogP contribution in [0.5, 0.6) is 0 Å². The lowest BCUT2D eigenvalue weighted by atomic mass is 10.1. The average Bonchev–Trinajstić information content (AvgIpc) is 2.87. The van der Waals surface area contributed by atoms with Gasteiger partial charge in [-0.25, -0.2) is 8.42 Å². The van der Waals surface area contributed by atoms with Crippen molar-refractivity contribution >= 4 is 55.1 Å².